The summed E-state index contributed by atoms with van der Waals surface area (Å²) in [4.78, 5) is 0. The first kappa shape index (κ1) is 20.3. The molecule has 4 N–H and O–H groups in total. The van der Waals surface area contributed by atoms with Crippen molar-refractivity contribution in [3.05, 3.63) is 65.2 Å². The molecule has 2 aromatic carbocycles. The molecular weight excluding hydrogens is 342 g/mol. The number of para-hydroxylation sites is 1. The SMILES string of the molecule is CCC(C)(N/C1=C(\N)c2ccccc2NCc2ccccc21)C(C)(C)C(C)C. The Morgan fingerprint density at radius 2 is 1.61 bits per heavy atom. The second-order valence-corrected chi connectivity index (χ2v) is 9.03. The summed E-state index contributed by atoms with van der Waals surface area (Å²) in [5.41, 5.74) is 13.2. The second-order valence-electron chi connectivity index (χ2n) is 9.03. The summed E-state index contributed by atoms with van der Waals surface area (Å²) in [5.74, 6) is 0.532. The van der Waals surface area contributed by atoms with Crippen molar-refractivity contribution in [2.24, 2.45) is 17.1 Å². The highest BCUT2D eigenvalue weighted by Gasteiger charge is 2.42. The molecule has 0 amide bonds. The molecule has 3 rings (SSSR count). The van der Waals surface area contributed by atoms with Gasteiger partial charge in [0.05, 0.1) is 11.4 Å². The fourth-order valence-corrected chi connectivity index (χ4v) is 4.01. The van der Waals surface area contributed by atoms with E-state index in [1.54, 1.807) is 0 Å². The summed E-state index contributed by atoms with van der Waals surface area (Å²) in [6.07, 6.45) is 1.01. The summed E-state index contributed by atoms with van der Waals surface area (Å²) in [6, 6.07) is 16.9. The summed E-state index contributed by atoms with van der Waals surface area (Å²) >= 11 is 0. The molecule has 3 nitrogen and oxygen atoms in total. The number of anilines is 1. The normalized spacial score (nSPS) is 19.0. The Balaban J connectivity index is 2.22. The van der Waals surface area contributed by atoms with Gasteiger partial charge in [0.1, 0.15) is 0 Å². The Morgan fingerprint density at radius 3 is 2.25 bits per heavy atom. The molecule has 0 saturated carbocycles. The number of hydrogen-bond donors (Lipinski definition) is 3. The van der Waals surface area contributed by atoms with Crippen LogP contribution >= 0.6 is 0 Å². The van der Waals surface area contributed by atoms with Gasteiger partial charge in [-0.3, -0.25) is 0 Å². The van der Waals surface area contributed by atoms with E-state index >= 15 is 0 Å². The van der Waals surface area contributed by atoms with E-state index in [1.807, 2.05) is 0 Å². The summed E-state index contributed by atoms with van der Waals surface area (Å²) in [5, 5.41) is 7.50. The Hall–Kier alpha value is -2.42. The highest BCUT2D eigenvalue weighted by molar-refractivity contribution is 5.93. The summed E-state index contributed by atoms with van der Waals surface area (Å²) in [7, 11) is 0. The van der Waals surface area contributed by atoms with Gasteiger partial charge in [-0.25, -0.2) is 0 Å². The third-order valence-corrected chi connectivity index (χ3v) is 7.22. The summed E-state index contributed by atoms with van der Waals surface area (Å²) in [6.45, 7) is 14.7. The largest absolute Gasteiger partial charge is 0.396 e. The zero-order valence-corrected chi connectivity index (χ0v) is 18.2. The lowest BCUT2D eigenvalue weighted by Crippen LogP contribution is -2.55. The zero-order valence-electron chi connectivity index (χ0n) is 18.2. The van der Waals surface area contributed by atoms with Crippen molar-refractivity contribution in [3.63, 3.8) is 0 Å². The molecule has 1 aliphatic rings. The van der Waals surface area contributed by atoms with Crippen molar-refractivity contribution < 1.29 is 0 Å². The predicted octanol–water partition coefficient (Wildman–Crippen LogP) is 5.84. The third-order valence-electron chi connectivity index (χ3n) is 7.22. The van der Waals surface area contributed by atoms with Gasteiger partial charge in [0.25, 0.3) is 0 Å². The van der Waals surface area contributed by atoms with E-state index in [0.29, 0.717) is 5.92 Å². The van der Waals surface area contributed by atoms with Crippen LogP contribution in [0.3, 0.4) is 0 Å². The van der Waals surface area contributed by atoms with Crippen LogP contribution in [0, 0.1) is 11.3 Å². The van der Waals surface area contributed by atoms with Crippen molar-refractivity contribution >= 4 is 17.1 Å². The van der Waals surface area contributed by atoms with Crippen LogP contribution in [0.1, 0.15) is 64.7 Å². The van der Waals surface area contributed by atoms with Gasteiger partial charge in [-0.15, -0.1) is 0 Å². The maximum absolute atomic E-state index is 6.83. The lowest BCUT2D eigenvalue weighted by Gasteiger charge is -2.49. The number of benzene rings is 2. The maximum Gasteiger partial charge on any atom is 0.0662 e. The molecule has 0 spiro atoms. The number of rotatable bonds is 5. The van der Waals surface area contributed by atoms with Gasteiger partial charge in [0.15, 0.2) is 0 Å². The van der Waals surface area contributed by atoms with Gasteiger partial charge >= 0.3 is 0 Å². The number of nitrogens with two attached hydrogens (primary N) is 1. The first-order valence-corrected chi connectivity index (χ1v) is 10.4. The predicted molar refractivity (Wildman–Crippen MR) is 122 cm³/mol. The van der Waals surface area contributed by atoms with Crippen LogP contribution in [-0.2, 0) is 6.54 Å². The molecule has 0 fully saturated rings. The third kappa shape index (κ3) is 3.39. The van der Waals surface area contributed by atoms with Crippen molar-refractivity contribution in [2.75, 3.05) is 5.32 Å². The number of fused-ring (bicyclic) bond motifs is 2. The molecule has 1 atom stereocenters. The van der Waals surface area contributed by atoms with Gasteiger partial charge < -0.3 is 16.4 Å². The second kappa shape index (κ2) is 7.54. The van der Waals surface area contributed by atoms with E-state index in [2.05, 4.69) is 101 Å². The monoisotopic (exact) mass is 377 g/mol. The van der Waals surface area contributed by atoms with Crippen molar-refractivity contribution in [2.45, 2.75) is 60.0 Å². The van der Waals surface area contributed by atoms with Crippen LogP contribution in [0.15, 0.2) is 48.5 Å². The number of nitrogens with one attached hydrogen (secondary N) is 2. The van der Waals surface area contributed by atoms with Crippen molar-refractivity contribution in [1.82, 2.24) is 5.32 Å². The minimum Gasteiger partial charge on any atom is -0.396 e. The fraction of sp³-hybridized carbons (Fsp3) is 0.440. The molecule has 0 aromatic heterocycles. The fourth-order valence-electron chi connectivity index (χ4n) is 4.01. The molecule has 3 heteroatoms. The van der Waals surface area contributed by atoms with Gasteiger partial charge in [0, 0.05) is 28.9 Å². The molecule has 2 aromatic rings. The molecule has 1 unspecified atom stereocenters. The Bertz CT molecular complexity index is 879. The van der Waals surface area contributed by atoms with Crippen LogP contribution in [0.25, 0.3) is 11.4 Å². The lowest BCUT2D eigenvalue weighted by atomic mass is 9.65. The topological polar surface area (TPSA) is 50.1 Å². The highest BCUT2D eigenvalue weighted by Crippen LogP contribution is 2.43. The van der Waals surface area contributed by atoms with E-state index in [1.165, 1.54) is 11.1 Å². The van der Waals surface area contributed by atoms with Gasteiger partial charge in [-0.1, -0.05) is 77.1 Å². The molecule has 0 saturated heterocycles. The minimum atomic E-state index is -0.101. The van der Waals surface area contributed by atoms with E-state index < -0.39 is 0 Å². The van der Waals surface area contributed by atoms with E-state index in [4.69, 9.17) is 5.73 Å². The average molecular weight is 378 g/mol. The van der Waals surface area contributed by atoms with Crippen molar-refractivity contribution in [3.8, 4) is 0 Å². The molecule has 28 heavy (non-hydrogen) atoms. The summed E-state index contributed by atoms with van der Waals surface area (Å²) < 4.78 is 0. The first-order valence-electron chi connectivity index (χ1n) is 10.4. The highest BCUT2D eigenvalue weighted by atomic mass is 15.0. The van der Waals surface area contributed by atoms with E-state index in [-0.39, 0.29) is 11.0 Å². The maximum atomic E-state index is 6.83. The molecule has 0 aliphatic carbocycles. The molecule has 1 aliphatic heterocycles. The average Bonchev–Trinajstić information content (AvgIpc) is 2.69. The quantitative estimate of drug-likeness (QED) is 0.614. The molecule has 0 radical (unpaired) electrons. The van der Waals surface area contributed by atoms with Crippen molar-refractivity contribution in [1.29, 1.82) is 0 Å². The van der Waals surface area contributed by atoms with E-state index in [0.717, 1.165) is 35.6 Å². The Labute approximate surface area is 170 Å². The molecule has 1 heterocycles. The van der Waals surface area contributed by atoms with Crippen LogP contribution < -0.4 is 16.4 Å². The molecular formula is C25H35N3. The zero-order chi connectivity index (χ0) is 20.5. The standard InChI is InChI=1S/C25H35N3/c1-7-25(6,24(4,5)17(2)3)28-23-19-13-9-8-12-18(19)16-27-21-15-11-10-14-20(21)22(23)26/h8-15,17,27-28H,7,16,26H2,1-6H3/b23-22-. The first-order chi connectivity index (χ1) is 13.2. The van der Waals surface area contributed by atoms with Gasteiger partial charge in [-0.2, -0.15) is 0 Å². The number of hydrogen-bond acceptors (Lipinski definition) is 3. The van der Waals surface area contributed by atoms with Gasteiger partial charge in [-0.05, 0) is 36.3 Å². The Kier molecular flexibility index (Phi) is 5.47. The van der Waals surface area contributed by atoms with E-state index in [9.17, 15) is 0 Å². The van der Waals surface area contributed by atoms with Gasteiger partial charge in [0.2, 0.25) is 0 Å². The molecule has 0 bridgehead atoms. The minimum absolute atomic E-state index is 0.0874. The van der Waals surface area contributed by atoms with Crippen LogP contribution in [0.5, 0.6) is 0 Å². The molecule has 150 valence electrons. The van der Waals surface area contributed by atoms with Crippen LogP contribution in [0.4, 0.5) is 5.69 Å². The Morgan fingerprint density at radius 1 is 1.00 bits per heavy atom. The lowest BCUT2D eigenvalue weighted by molar-refractivity contribution is 0.0923. The smallest absolute Gasteiger partial charge is 0.0662 e. The van der Waals surface area contributed by atoms with Crippen LogP contribution in [-0.4, -0.2) is 5.54 Å². The van der Waals surface area contributed by atoms with Crippen LogP contribution in [0.2, 0.25) is 0 Å².